The average molecular weight is 349 g/mol. The Balaban J connectivity index is 1.89. The summed E-state index contributed by atoms with van der Waals surface area (Å²) in [5.41, 5.74) is 2.35. The monoisotopic (exact) mass is 348 g/mol. The highest BCUT2D eigenvalue weighted by atomic mass is 28.4. The van der Waals surface area contributed by atoms with Crippen LogP contribution in [0.1, 0.15) is 46.2 Å². The molecule has 1 fully saturated rings. The molecule has 24 heavy (non-hydrogen) atoms. The standard InChI is InChI=1S/C19H32N2O2Si/c1-14(20-15(2)22)16-8-10-17(11-9-16)21-12-18(13-21)23-24(6,7)19(3,4)5/h8-11,14,18H,12-13H2,1-7H3,(H,20,22). The third-order valence-electron chi connectivity index (χ3n) is 5.29. The van der Waals surface area contributed by atoms with Crippen molar-refractivity contribution in [3.63, 3.8) is 0 Å². The van der Waals surface area contributed by atoms with Crippen LogP contribution in [0.3, 0.4) is 0 Å². The summed E-state index contributed by atoms with van der Waals surface area (Å²) >= 11 is 0. The molecule has 1 unspecified atom stereocenters. The highest BCUT2D eigenvalue weighted by molar-refractivity contribution is 6.74. The van der Waals surface area contributed by atoms with E-state index < -0.39 is 8.32 Å². The summed E-state index contributed by atoms with van der Waals surface area (Å²) in [4.78, 5) is 13.5. The summed E-state index contributed by atoms with van der Waals surface area (Å²) in [6, 6.07) is 8.50. The van der Waals surface area contributed by atoms with E-state index in [1.54, 1.807) is 6.92 Å². The van der Waals surface area contributed by atoms with E-state index in [1.165, 1.54) is 5.69 Å². The molecule has 2 rings (SSSR count). The number of hydrogen-bond donors (Lipinski definition) is 1. The molecule has 0 radical (unpaired) electrons. The molecule has 134 valence electrons. The van der Waals surface area contributed by atoms with Gasteiger partial charge in [-0.25, -0.2) is 0 Å². The normalized spacial score (nSPS) is 17.4. The van der Waals surface area contributed by atoms with Crippen LogP contribution < -0.4 is 10.2 Å². The molecule has 1 saturated heterocycles. The maximum atomic E-state index is 11.1. The highest BCUT2D eigenvalue weighted by Crippen LogP contribution is 2.38. The van der Waals surface area contributed by atoms with Gasteiger partial charge in [0.2, 0.25) is 5.91 Å². The smallest absolute Gasteiger partial charge is 0.217 e. The summed E-state index contributed by atoms with van der Waals surface area (Å²) in [6.45, 7) is 17.0. The molecule has 4 nitrogen and oxygen atoms in total. The van der Waals surface area contributed by atoms with E-state index in [0.717, 1.165) is 18.7 Å². The first-order chi connectivity index (χ1) is 11.0. The van der Waals surface area contributed by atoms with Gasteiger partial charge in [0, 0.05) is 25.7 Å². The number of rotatable bonds is 5. The lowest BCUT2D eigenvalue weighted by Crippen LogP contribution is -2.57. The van der Waals surface area contributed by atoms with Crippen molar-refractivity contribution in [2.45, 2.75) is 64.9 Å². The fraction of sp³-hybridized carbons (Fsp3) is 0.632. The van der Waals surface area contributed by atoms with Gasteiger partial charge in [-0.2, -0.15) is 0 Å². The molecule has 1 N–H and O–H groups in total. The zero-order chi connectivity index (χ0) is 18.1. The Morgan fingerprint density at radius 3 is 2.25 bits per heavy atom. The molecule has 5 heteroatoms. The van der Waals surface area contributed by atoms with E-state index in [1.807, 2.05) is 6.92 Å². The zero-order valence-electron chi connectivity index (χ0n) is 16.1. The van der Waals surface area contributed by atoms with Crippen LogP contribution in [-0.2, 0) is 9.22 Å². The van der Waals surface area contributed by atoms with Crippen LogP contribution in [-0.4, -0.2) is 33.4 Å². The van der Waals surface area contributed by atoms with Gasteiger partial charge < -0.3 is 14.6 Å². The van der Waals surface area contributed by atoms with Gasteiger partial charge in [0.25, 0.3) is 0 Å². The number of nitrogens with one attached hydrogen (secondary N) is 1. The second kappa shape index (κ2) is 6.88. The Morgan fingerprint density at radius 1 is 1.25 bits per heavy atom. The summed E-state index contributed by atoms with van der Waals surface area (Å²) in [7, 11) is -1.67. The van der Waals surface area contributed by atoms with Gasteiger partial charge in [0.1, 0.15) is 0 Å². The Kier molecular flexibility index (Phi) is 5.45. The maximum absolute atomic E-state index is 11.1. The average Bonchev–Trinajstić information content (AvgIpc) is 2.40. The zero-order valence-corrected chi connectivity index (χ0v) is 17.1. The van der Waals surface area contributed by atoms with Crippen LogP contribution in [0.2, 0.25) is 18.1 Å². The van der Waals surface area contributed by atoms with Crippen molar-refractivity contribution in [3.05, 3.63) is 29.8 Å². The van der Waals surface area contributed by atoms with E-state index in [-0.39, 0.29) is 17.0 Å². The summed E-state index contributed by atoms with van der Waals surface area (Å²) < 4.78 is 6.45. The van der Waals surface area contributed by atoms with Crippen molar-refractivity contribution >= 4 is 19.9 Å². The van der Waals surface area contributed by atoms with Gasteiger partial charge in [-0.05, 0) is 42.8 Å². The van der Waals surface area contributed by atoms with Crippen LogP contribution >= 0.6 is 0 Å². The third kappa shape index (κ3) is 4.39. The molecular formula is C19H32N2O2Si. The van der Waals surface area contributed by atoms with Gasteiger partial charge in [0.05, 0.1) is 12.1 Å². The van der Waals surface area contributed by atoms with Gasteiger partial charge in [-0.1, -0.05) is 32.9 Å². The lowest BCUT2D eigenvalue weighted by Gasteiger charge is -2.47. The topological polar surface area (TPSA) is 41.6 Å². The van der Waals surface area contributed by atoms with E-state index in [2.05, 4.69) is 68.3 Å². The lowest BCUT2D eigenvalue weighted by molar-refractivity contribution is -0.119. The largest absolute Gasteiger partial charge is 0.410 e. The molecule has 1 aliphatic heterocycles. The number of anilines is 1. The van der Waals surface area contributed by atoms with Crippen molar-refractivity contribution < 1.29 is 9.22 Å². The SMILES string of the molecule is CC(=O)NC(C)c1ccc(N2CC(O[Si](C)(C)C(C)(C)C)C2)cc1. The Labute approximate surface area is 147 Å². The Bertz CT molecular complexity index is 572. The fourth-order valence-corrected chi connectivity index (χ4v) is 4.01. The predicted octanol–water partition coefficient (Wildman–Crippen LogP) is 4.09. The third-order valence-corrected chi connectivity index (χ3v) is 9.83. The second-order valence-corrected chi connectivity index (χ2v) is 13.2. The molecule has 1 aromatic rings. The van der Waals surface area contributed by atoms with Crippen LogP contribution in [0.4, 0.5) is 5.69 Å². The highest BCUT2D eigenvalue weighted by Gasteiger charge is 2.41. The van der Waals surface area contributed by atoms with Crippen molar-refractivity contribution in [1.29, 1.82) is 0 Å². The van der Waals surface area contributed by atoms with Gasteiger partial charge >= 0.3 is 0 Å². The van der Waals surface area contributed by atoms with E-state index in [9.17, 15) is 4.79 Å². The number of amides is 1. The summed E-state index contributed by atoms with van der Waals surface area (Å²) in [6.07, 6.45) is 0.351. The number of carbonyl (C=O) groups is 1. The second-order valence-electron chi connectivity index (χ2n) is 8.42. The first-order valence-electron chi connectivity index (χ1n) is 8.79. The van der Waals surface area contributed by atoms with E-state index >= 15 is 0 Å². The fourth-order valence-electron chi connectivity index (χ4n) is 2.68. The first-order valence-corrected chi connectivity index (χ1v) is 11.7. The number of nitrogens with zero attached hydrogens (tertiary/aromatic N) is 1. The van der Waals surface area contributed by atoms with Crippen molar-refractivity contribution in [2.24, 2.45) is 0 Å². The minimum Gasteiger partial charge on any atom is -0.410 e. The molecule has 1 aliphatic rings. The molecule has 0 spiro atoms. The van der Waals surface area contributed by atoms with Crippen molar-refractivity contribution in [1.82, 2.24) is 5.32 Å². The Morgan fingerprint density at radius 2 is 1.79 bits per heavy atom. The summed E-state index contributed by atoms with van der Waals surface area (Å²) in [5.74, 6) is -0.0000559. The Hall–Kier alpha value is -1.33. The van der Waals surface area contributed by atoms with Crippen LogP contribution in [0, 0.1) is 0 Å². The first kappa shape index (κ1) is 19.0. The number of benzene rings is 1. The maximum Gasteiger partial charge on any atom is 0.217 e. The van der Waals surface area contributed by atoms with Gasteiger partial charge in [-0.3, -0.25) is 4.79 Å². The molecule has 0 bridgehead atoms. The lowest BCUT2D eigenvalue weighted by atomic mass is 10.1. The van der Waals surface area contributed by atoms with Gasteiger partial charge in [0.15, 0.2) is 8.32 Å². The molecule has 1 heterocycles. The summed E-state index contributed by atoms with van der Waals surface area (Å²) in [5, 5.41) is 3.17. The minimum absolute atomic E-state index is 0.0000559. The van der Waals surface area contributed by atoms with E-state index in [4.69, 9.17) is 4.43 Å². The van der Waals surface area contributed by atoms with Crippen LogP contribution in [0.25, 0.3) is 0 Å². The van der Waals surface area contributed by atoms with E-state index in [0.29, 0.717) is 6.10 Å². The molecule has 1 atom stereocenters. The molecule has 1 amide bonds. The molecule has 0 aliphatic carbocycles. The predicted molar refractivity (Wildman–Crippen MR) is 103 cm³/mol. The van der Waals surface area contributed by atoms with Crippen LogP contribution in [0.15, 0.2) is 24.3 Å². The number of carbonyl (C=O) groups excluding carboxylic acids is 1. The minimum atomic E-state index is -1.67. The van der Waals surface area contributed by atoms with Crippen molar-refractivity contribution in [2.75, 3.05) is 18.0 Å². The molecule has 0 saturated carbocycles. The molecular weight excluding hydrogens is 316 g/mol. The molecule has 1 aromatic carbocycles. The van der Waals surface area contributed by atoms with Crippen molar-refractivity contribution in [3.8, 4) is 0 Å². The van der Waals surface area contributed by atoms with Gasteiger partial charge in [-0.15, -0.1) is 0 Å². The van der Waals surface area contributed by atoms with Crippen LogP contribution in [0.5, 0.6) is 0 Å². The number of hydrogen-bond acceptors (Lipinski definition) is 3. The molecule has 0 aromatic heterocycles. The quantitative estimate of drug-likeness (QED) is 0.815.